The number of thiophene rings is 1. The number of hydrogen-bond donors (Lipinski definition) is 1. The summed E-state index contributed by atoms with van der Waals surface area (Å²) in [5.41, 5.74) is 5.49. The molecule has 2 aliphatic rings. The van der Waals surface area contributed by atoms with Crippen molar-refractivity contribution in [3.05, 3.63) is 50.1 Å². The summed E-state index contributed by atoms with van der Waals surface area (Å²) in [6, 6.07) is 7.39. The van der Waals surface area contributed by atoms with E-state index in [9.17, 15) is 4.79 Å². The van der Waals surface area contributed by atoms with Crippen molar-refractivity contribution in [2.24, 2.45) is 5.10 Å². The number of hydrazone groups is 1. The van der Waals surface area contributed by atoms with Crippen molar-refractivity contribution in [3.8, 4) is 0 Å². The number of benzene rings is 1. The minimum absolute atomic E-state index is 0.0548. The van der Waals surface area contributed by atoms with Gasteiger partial charge in [-0.25, -0.2) is 5.01 Å². The van der Waals surface area contributed by atoms with Gasteiger partial charge in [0.1, 0.15) is 5.71 Å². The topological polar surface area (TPSA) is 47.9 Å². The molecule has 0 aliphatic carbocycles. The molecule has 2 aromatic rings. The van der Waals surface area contributed by atoms with Gasteiger partial charge in [0, 0.05) is 29.4 Å². The first-order valence-electron chi connectivity index (χ1n) is 9.44. The molecule has 8 heteroatoms. The minimum atomic E-state index is -0.131. The van der Waals surface area contributed by atoms with E-state index in [1.165, 1.54) is 16.9 Å². The molecule has 1 saturated heterocycles. The highest BCUT2D eigenvalue weighted by Crippen LogP contribution is 2.42. The second-order valence-corrected chi connectivity index (χ2v) is 8.95. The molecule has 2 aliphatic heterocycles. The maximum atomic E-state index is 12.9. The number of piperidine rings is 1. The van der Waals surface area contributed by atoms with Gasteiger partial charge in [0.05, 0.1) is 16.8 Å². The number of anilines is 1. The van der Waals surface area contributed by atoms with E-state index < -0.39 is 0 Å². The average molecular weight is 437 g/mol. The normalized spacial score (nSPS) is 20.3. The van der Waals surface area contributed by atoms with E-state index in [1.54, 1.807) is 23.5 Å². The molecule has 1 unspecified atom stereocenters. The molecule has 1 amide bonds. The largest absolute Gasteiger partial charge is 0.284 e. The van der Waals surface area contributed by atoms with Gasteiger partial charge in [-0.05, 0) is 55.0 Å². The fourth-order valence-corrected chi connectivity index (χ4v) is 5.19. The summed E-state index contributed by atoms with van der Waals surface area (Å²) in [4.78, 5) is 14.1. The number of rotatable bonds is 4. The molecule has 5 nitrogen and oxygen atoms in total. The summed E-state index contributed by atoms with van der Waals surface area (Å²) in [6.07, 6.45) is 3.97. The van der Waals surface area contributed by atoms with Crippen LogP contribution in [0, 0.1) is 6.92 Å². The van der Waals surface area contributed by atoms with Crippen LogP contribution in [0.4, 0.5) is 5.69 Å². The maximum Gasteiger partial charge on any atom is 0.281 e. The number of nitrogens with zero attached hydrogens (tertiary/aromatic N) is 3. The third-order valence-corrected chi connectivity index (χ3v) is 6.81. The number of carbonyl (C=O) groups excluding carboxylic acids is 1. The third-order valence-electron chi connectivity index (χ3n) is 5.15. The van der Waals surface area contributed by atoms with E-state index in [2.05, 4.69) is 28.9 Å². The van der Waals surface area contributed by atoms with Gasteiger partial charge in [-0.15, -0.1) is 11.3 Å². The highest BCUT2D eigenvalue weighted by atomic mass is 35.5. The van der Waals surface area contributed by atoms with Crippen molar-refractivity contribution in [2.45, 2.75) is 38.6 Å². The lowest BCUT2D eigenvalue weighted by molar-refractivity contribution is -0.119. The van der Waals surface area contributed by atoms with Crippen molar-refractivity contribution in [3.63, 3.8) is 0 Å². The number of hydrogen-bond acceptors (Lipinski definition) is 5. The van der Waals surface area contributed by atoms with Gasteiger partial charge in [-0.3, -0.25) is 15.2 Å². The van der Waals surface area contributed by atoms with Gasteiger partial charge in [-0.1, -0.05) is 29.6 Å². The number of nitrogens with one attached hydrogen (secondary N) is 1. The molecule has 1 fully saturated rings. The van der Waals surface area contributed by atoms with Gasteiger partial charge >= 0.3 is 0 Å². The molecule has 0 bridgehead atoms. The van der Waals surface area contributed by atoms with Crippen LogP contribution in [-0.4, -0.2) is 29.7 Å². The smallest absolute Gasteiger partial charge is 0.281 e. The third kappa shape index (κ3) is 4.06. The monoisotopic (exact) mass is 436 g/mol. The molecular weight excluding hydrogens is 415 g/mol. The van der Waals surface area contributed by atoms with Crippen LogP contribution in [0.5, 0.6) is 0 Å². The van der Waals surface area contributed by atoms with Crippen molar-refractivity contribution in [1.82, 2.24) is 10.4 Å². The maximum absolute atomic E-state index is 12.9. The quantitative estimate of drug-likeness (QED) is 0.717. The Balaban J connectivity index is 1.63. The van der Waals surface area contributed by atoms with Gasteiger partial charge in [0.15, 0.2) is 0 Å². The van der Waals surface area contributed by atoms with E-state index in [4.69, 9.17) is 23.2 Å². The van der Waals surface area contributed by atoms with Crippen molar-refractivity contribution >= 4 is 51.8 Å². The van der Waals surface area contributed by atoms with Crippen LogP contribution in [0.2, 0.25) is 10.0 Å². The second-order valence-electron chi connectivity index (χ2n) is 7.16. The highest BCUT2D eigenvalue weighted by molar-refractivity contribution is 7.10. The van der Waals surface area contributed by atoms with Crippen LogP contribution in [-0.2, 0) is 4.79 Å². The summed E-state index contributed by atoms with van der Waals surface area (Å²) in [7, 11) is 0. The van der Waals surface area contributed by atoms with Crippen molar-refractivity contribution in [1.29, 1.82) is 0 Å². The predicted molar refractivity (Wildman–Crippen MR) is 116 cm³/mol. The van der Waals surface area contributed by atoms with E-state index in [0.717, 1.165) is 31.6 Å². The molecule has 4 rings (SSSR count). The zero-order valence-electron chi connectivity index (χ0n) is 15.6. The number of aryl methyl sites for hydroxylation is 1. The zero-order valence-corrected chi connectivity index (χ0v) is 17.9. The Kier molecular flexibility index (Phi) is 5.92. The summed E-state index contributed by atoms with van der Waals surface area (Å²) in [5, 5.41) is 11.7. The van der Waals surface area contributed by atoms with Crippen LogP contribution in [0.15, 0.2) is 34.7 Å². The minimum Gasteiger partial charge on any atom is -0.284 e. The zero-order chi connectivity index (χ0) is 19.7. The van der Waals surface area contributed by atoms with Crippen LogP contribution in [0.1, 0.15) is 42.2 Å². The Morgan fingerprint density at radius 1 is 1.21 bits per heavy atom. The second kappa shape index (κ2) is 8.41. The molecular formula is C20H22Cl2N4OS. The summed E-state index contributed by atoms with van der Waals surface area (Å²) < 4.78 is 0. The Bertz CT molecular complexity index is 907. The molecule has 1 aromatic carbocycles. The van der Waals surface area contributed by atoms with Gasteiger partial charge in [-0.2, -0.15) is 5.10 Å². The molecule has 28 heavy (non-hydrogen) atoms. The molecule has 1 N–H and O–H groups in total. The first-order valence-corrected chi connectivity index (χ1v) is 11.1. The lowest BCUT2D eigenvalue weighted by Crippen LogP contribution is -2.47. The lowest BCUT2D eigenvalue weighted by atomic mass is 10.1. The first kappa shape index (κ1) is 19.7. The van der Waals surface area contributed by atoms with Gasteiger partial charge < -0.3 is 0 Å². The van der Waals surface area contributed by atoms with E-state index in [0.29, 0.717) is 22.2 Å². The van der Waals surface area contributed by atoms with Crippen molar-refractivity contribution in [2.75, 3.05) is 18.1 Å². The fourth-order valence-electron chi connectivity index (χ4n) is 3.68. The van der Waals surface area contributed by atoms with Crippen LogP contribution in [0.25, 0.3) is 0 Å². The van der Waals surface area contributed by atoms with E-state index in [1.807, 2.05) is 16.1 Å². The molecule has 1 atom stereocenters. The Morgan fingerprint density at radius 3 is 2.68 bits per heavy atom. The first-order chi connectivity index (χ1) is 13.5. The number of hydrazine groups is 1. The molecule has 3 heterocycles. The molecule has 0 radical (unpaired) electrons. The molecule has 1 aromatic heterocycles. The molecule has 0 spiro atoms. The van der Waals surface area contributed by atoms with Gasteiger partial charge in [0.25, 0.3) is 5.91 Å². The lowest BCUT2D eigenvalue weighted by Gasteiger charge is -2.26. The fraction of sp³-hybridized carbons (Fsp3) is 0.400. The number of amides is 1. The summed E-state index contributed by atoms with van der Waals surface area (Å²) >= 11 is 14.2. The Labute approximate surface area is 178 Å². The Morgan fingerprint density at radius 2 is 2.00 bits per heavy atom. The van der Waals surface area contributed by atoms with Crippen LogP contribution >= 0.6 is 34.5 Å². The standard InChI is InChI=1S/C20H22Cl2N4OS/c1-13-7-10-28-19(13)18-12-16(20(27)24-25-8-3-2-4-9-25)23-26(18)17-6-5-14(21)11-15(17)22/h5-7,10-11,18H,2-4,8-9,12H2,1H3,(H,24,27). The number of halogens is 2. The number of carbonyl (C=O) groups is 1. The molecule has 0 saturated carbocycles. The SMILES string of the molecule is Cc1ccsc1C1CC(C(=O)NN2CCCCC2)=NN1c1ccc(Cl)cc1Cl. The summed E-state index contributed by atoms with van der Waals surface area (Å²) in [6.45, 7) is 3.86. The predicted octanol–water partition coefficient (Wildman–Crippen LogP) is 5.19. The highest BCUT2D eigenvalue weighted by Gasteiger charge is 2.35. The van der Waals surface area contributed by atoms with E-state index in [-0.39, 0.29) is 11.9 Å². The molecule has 148 valence electrons. The van der Waals surface area contributed by atoms with E-state index >= 15 is 0 Å². The van der Waals surface area contributed by atoms with Crippen LogP contribution in [0.3, 0.4) is 0 Å². The summed E-state index contributed by atoms with van der Waals surface area (Å²) in [5.74, 6) is -0.131. The van der Waals surface area contributed by atoms with Crippen LogP contribution < -0.4 is 10.4 Å². The van der Waals surface area contributed by atoms with Gasteiger partial charge in [0.2, 0.25) is 0 Å². The Hall–Kier alpha value is -1.60. The average Bonchev–Trinajstić information content (AvgIpc) is 3.28. The van der Waals surface area contributed by atoms with Crippen molar-refractivity contribution < 1.29 is 4.79 Å².